The van der Waals surface area contributed by atoms with Crippen LogP contribution in [0.4, 0.5) is 0 Å². The van der Waals surface area contributed by atoms with Crippen molar-refractivity contribution in [1.29, 1.82) is 0 Å². The molecule has 0 atom stereocenters. The number of aryl methyl sites for hydroxylation is 1. The molecule has 0 unspecified atom stereocenters. The Kier molecular flexibility index (Phi) is 3.80. The number of nitrogens with zero attached hydrogens (tertiary/aromatic N) is 2. The molecule has 1 amide bonds. The third-order valence-electron chi connectivity index (χ3n) is 4.54. The first-order valence-corrected chi connectivity index (χ1v) is 9.50. The molecule has 28 heavy (non-hydrogen) atoms. The number of ether oxygens (including phenoxy) is 2. The van der Waals surface area contributed by atoms with Crippen molar-refractivity contribution in [2.24, 2.45) is 4.99 Å². The molecule has 0 aliphatic carbocycles. The van der Waals surface area contributed by atoms with Crippen molar-refractivity contribution >= 4 is 38.4 Å². The largest absolute Gasteiger partial charge is 0.454 e. The molecule has 0 bridgehead atoms. The lowest BCUT2D eigenvalue weighted by atomic mass is 10.2. The monoisotopic (exact) mass is 394 g/mol. The molecule has 3 heterocycles. The van der Waals surface area contributed by atoms with E-state index in [1.807, 2.05) is 23.6 Å². The van der Waals surface area contributed by atoms with Crippen molar-refractivity contribution in [3.63, 3.8) is 0 Å². The van der Waals surface area contributed by atoms with E-state index in [2.05, 4.69) is 4.99 Å². The van der Waals surface area contributed by atoms with E-state index < -0.39 is 5.91 Å². The van der Waals surface area contributed by atoms with Gasteiger partial charge in [-0.2, -0.15) is 4.99 Å². The Hall–Kier alpha value is -3.39. The molecule has 140 valence electrons. The van der Waals surface area contributed by atoms with Crippen LogP contribution in [0.2, 0.25) is 0 Å². The molecule has 4 aromatic rings. The van der Waals surface area contributed by atoms with Crippen LogP contribution in [0.5, 0.6) is 11.5 Å². The van der Waals surface area contributed by atoms with Crippen LogP contribution in [-0.2, 0) is 6.54 Å². The first kappa shape index (κ1) is 16.8. The van der Waals surface area contributed by atoms with Crippen LogP contribution in [0.1, 0.15) is 17.5 Å². The van der Waals surface area contributed by atoms with Crippen LogP contribution >= 0.6 is 11.3 Å². The minimum Gasteiger partial charge on any atom is -0.454 e. The van der Waals surface area contributed by atoms with E-state index in [1.54, 1.807) is 24.3 Å². The first-order valence-electron chi connectivity index (χ1n) is 8.69. The molecule has 0 N–H and O–H groups in total. The van der Waals surface area contributed by atoms with Crippen LogP contribution in [0, 0.1) is 0 Å². The maximum absolute atomic E-state index is 12.7. The number of amides is 1. The van der Waals surface area contributed by atoms with Gasteiger partial charge in [-0.15, -0.1) is 0 Å². The third kappa shape index (κ3) is 2.61. The highest BCUT2D eigenvalue weighted by atomic mass is 32.1. The van der Waals surface area contributed by atoms with Gasteiger partial charge in [-0.1, -0.05) is 23.5 Å². The van der Waals surface area contributed by atoms with E-state index in [1.165, 1.54) is 17.4 Å². The predicted octanol–water partition coefficient (Wildman–Crippen LogP) is 3.30. The highest BCUT2D eigenvalue weighted by molar-refractivity contribution is 7.16. The van der Waals surface area contributed by atoms with E-state index in [0.717, 1.165) is 10.2 Å². The van der Waals surface area contributed by atoms with Crippen LogP contribution in [0.3, 0.4) is 0 Å². The summed E-state index contributed by atoms with van der Waals surface area (Å²) in [5, 5.41) is 0.430. The van der Waals surface area contributed by atoms with Gasteiger partial charge >= 0.3 is 5.91 Å². The van der Waals surface area contributed by atoms with Gasteiger partial charge in [0.25, 0.3) is 0 Å². The summed E-state index contributed by atoms with van der Waals surface area (Å²) in [6, 6.07) is 11.8. The Balaban J connectivity index is 1.65. The van der Waals surface area contributed by atoms with E-state index in [0.29, 0.717) is 33.8 Å². The summed E-state index contributed by atoms with van der Waals surface area (Å²) < 4.78 is 19.3. The van der Waals surface area contributed by atoms with E-state index in [4.69, 9.17) is 13.9 Å². The molecule has 7 nitrogen and oxygen atoms in total. The third-order valence-corrected chi connectivity index (χ3v) is 5.58. The molecule has 1 aliphatic rings. The Morgan fingerprint density at radius 1 is 1.18 bits per heavy atom. The fourth-order valence-corrected chi connectivity index (χ4v) is 4.30. The topological polar surface area (TPSA) is 83.0 Å². The van der Waals surface area contributed by atoms with Gasteiger partial charge < -0.3 is 18.5 Å². The Labute approximate surface area is 162 Å². The van der Waals surface area contributed by atoms with E-state index in [9.17, 15) is 9.59 Å². The maximum Gasteiger partial charge on any atom is 0.315 e. The van der Waals surface area contributed by atoms with Gasteiger partial charge in [0.2, 0.25) is 6.79 Å². The van der Waals surface area contributed by atoms with Crippen molar-refractivity contribution in [2.75, 3.05) is 6.79 Å². The van der Waals surface area contributed by atoms with Gasteiger partial charge in [-0.25, -0.2) is 0 Å². The van der Waals surface area contributed by atoms with Gasteiger partial charge in [-0.05, 0) is 19.1 Å². The Morgan fingerprint density at radius 2 is 1.96 bits per heavy atom. The molecule has 0 saturated carbocycles. The molecule has 1 aliphatic heterocycles. The number of hydrogen-bond acceptors (Lipinski definition) is 6. The second-order valence-corrected chi connectivity index (χ2v) is 7.20. The number of carbonyl (C=O) groups excluding carboxylic acids is 1. The zero-order chi connectivity index (χ0) is 19.3. The summed E-state index contributed by atoms with van der Waals surface area (Å²) in [4.78, 5) is 29.7. The van der Waals surface area contributed by atoms with Crippen molar-refractivity contribution in [2.45, 2.75) is 13.5 Å². The quantitative estimate of drug-likeness (QED) is 0.521. The smallest absolute Gasteiger partial charge is 0.315 e. The number of hydrogen-bond donors (Lipinski definition) is 0. The summed E-state index contributed by atoms with van der Waals surface area (Å²) in [5.74, 6) is 0.663. The summed E-state index contributed by atoms with van der Waals surface area (Å²) in [6.07, 6.45) is 0. The second-order valence-electron chi connectivity index (χ2n) is 6.19. The zero-order valence-corrected chi connectivity index (χ0v) is 15.6. The van der Waals surface area contributed by atoms with Crippen molar-refractivity contribution in [3.8, 4) is 11.5 Å². The molecule has 5 rings (SSSR count). The van der Waals surface area contributed by atoms with E-state index >= 15 is 0 Å². The van der Waals surface area contributed by atoms with Gasteiger partial charge in [0, 0.05) is 24.7 Å². The number of para-hydroxylation sites is 1. The van der Waals surface area contributed by atoms with Gasteiger partial charge in [0.05, 0.1) is 15.6 Å². The standard InChI is InChI=1S/C20H14N2O5S/c1-2-22-12-7-15-16(26-10-25-15)9-18(12)28-20(22)21-19(24)17-8-13(23)11-5-3-4-6-14(11)27-17/h3-9H,2,10H2,1H3. The Bertz CT molecular complexity index is 1380. The summed E-state index contributed by atoms with van der Waals surface area (Å²) in [7, 11) is 0. The lowest BCUT2D eigenvalue weighted by Gasteiger charge is -2.02. The Morgan fingerprint density at radius 3 is 2.79 bits per heavy atom. The number of benzene rings is 2. The van der Waals surface area contributed by atoms with Gasteiger partial charge in [-0.3, -0.25) is 9.59 Å². The van der Waals surface area contributed by atoms with Crippen LogP contribution < -0.4 is 19.7 Å². The van der Waals surface area contributed by atoms with Crippen LogP contribution in [-0.4, -0.2) is 17.3 Å². The molecule has 2 aromatic carbocycles. The first-order chi connectivity index (χ1) is 13.6. The summed E-state index contributed by atoms with van der Waals surface area (Å²) in [5.41, 5.74) is 0.994. The predicted molar refractivity (Wildman–Crippen MR) is 104 cm³/mol. The highest BCUT2D eigenvalue weighted by Crippen LogP contribution is 2.36. The number of aromatic nitrogens is 1. The van der Waals surface area contributed by atoms with Gasteiger partial charge in [0.15, 0.2) is 27.5 Å². The number of fused-ring (bicyclic) bond motifs is 3. The lowest BCUT2D eigenvalue weighted by molar-refractivity contribution is 0.0972. The number of rotatable bonds is 2. The summed E-state index contributed by atoms with van der Waals surface area (Å²) >= 11 is 1.37. The van der Waals surface area contributed by atoms with Crippen LogP contribution in [0.15, 0.2) is 56.7 Å². The molecule has 8 heteroatoms. The molecule has 2 aromatic heterocycles. The molecule has 0 spiro atoms. The molecular formula is C20H14N2O5S. The van der Waals surface area contributed by atoms with Crippen molar-refractivity contribution < 1.29 is 18.7 Å². The minimum absolute atomic E-state index is 0.0852. The fourth-order valence-electron chi connectivity index (χ4n) is 3.20. The second kappa shape index (κ2) is 6.35. The molecule has 0 saturated heterocycles. The lowest BCUT2D eigenvalue weighted by Crippen LogP contribution is -2.16. The zero-order valence-electron chi connectivity index (χ0n) is 14.8. The van der Waals surface area contributed by atoms with Crippen molar-refractivity contribution in [3.05, 3.63) is 63.2 Å². The average molecular weight is 394 g/mol. The number of carbonyl (C=O) groups is 1. The molecular weight excluding hydrogens is 380 g/mol. The SMILES string of the molecule is CCn1c(=NC(=O)c2cc(=O)c3ccccc3o2)sc2cc3c(cc21)OCO3. The number of thiazole rings is 1. The molecule has 0 radical (unpaired) electrons. The summed E-state index contributed by atoms with van der Waals surface area (Å²) in [6.45, 7) is 2.79. The fraction of sp³-hybridized carbons (Fsp3) is 0.150. The van der Waals surface area contributed by atoms with Gasteiger partial charge in [0.1, 0.15) is 5.58 Å². The normalized spacial score (nSPS) is 13.5. The van der Waals surface area contributed by atoms with Crippen LogP contribution in [0.25, 0.3) is 21.2 Å². The highest BCUT2D eigenvalue weighted by Gasteiger charge is 2.18. The van der Waals surface area contributed by atoms with E-state index in [-0.39, 0.29) is 18.0 Å². The molecule has 0 fully saturated rings. The van der Waals surface area contributed by atoms with Crippen molar-refractivity contribution in [1.82, 2.24) is 4.57 Å². The maximum atomic E-state index is 12.7. The average Bonchev–Trinajstić information content (AvgIpc) is 3.28. The minimum atomic E-state index is -0.600.